The van der Waals surface area contributed by atoms with Crippen LogP contribution in [-0.2, 0) is 6.54 Å². The van der Waals surface area contributed by atoms with Crippen LogP contribution in [0.3, 0.4) is 0 Å². The zero-order chi connectivity index (χ0) is 11.1. The standard InChI is InChI=1S/C11H20N2S2/c1-9(2)11-13-10(8-15-11)7-12-5-4-6-14-3/h8-9,12H,4-7H2,1-3H3. The SMILES string of the molecule is CSCCCNCc1csc(C(C)C)n1. The molecule has 1 rings (SSSR count). The van der Waals surface area contributed by atoms with Gasteiger partial charge in [0.15, 0.2) is 0 Å². The minimum atomic E-state index is 0.556. The van der Waals surface area contributed by atoms with Crippen LogP contribution in [0.2, 0.25) is 0 Å². The molecule has 1 heterocycles. The quantitative estimate of drug-likeness (QED) is 0.746. The lowest BCUT2D eigenvalue weighted by Crippen LogP contribution is -2.15. The first-order valence-corrected chi connectivity index (χ1v) is 7.65. The van der Waals surface area contributed by atoms with E-state index in [4.69, 9.17) is 0 Å². The molecule has 1 aromatic rings. The average Bonchev–Trinajstić information content (AvgIpc) is 2.66. The lowest BCUT2D eigenvalue weighted by atomic mass is 10.2. The van der Waals surface area contributed by atoms with Gasteiger partial charge >= 0.3 is 0 Å². The normalized spacial score (nSPS) is 11.2. The van der Waals surface area contributed by atoms with Gasteiger partial charge in [-0.25, -0.2) is 4.98 Å². The van der Waals surface area contributed by atoms with E-state index in [2.05, 4.69) is 35.8 Å². The molecule has 0 radical (unpaired) electrons. The Morgan fingerprint density at radius 1 is 1.53 bits per heavy atom. The molecule has 0 aliphatic carbocycles. The van der Waals surface area contributed by atoms with Crippen molar-refractivity contribution in [3.8, 4) is 0 Å². The third-order valence-corrected chi connectivity index (χ3v) is 3.96. The minimum absolute atomic E-state index is 0.556. The number of rotatable bonds is 7. The highest BCUT2D eigenvalue weighted by Gasteiger charge is 2.04. The summed E-state index contributed by atoms with van der Waals surface area (Å²) in [5, 5.41) is 6.83. The van der Waals surface area contributed by atoms with Gasteiger partial charge in [-0.1, -0.05) is 13.8 Å². The fourth-order valence-corrected chi connectivity index (χ4v) is 2.49. The summed E-state index contributed by atoms with van der Waals surface area (Å²) >= 11 is 3.67. The van der Waals surface area contributed by atoms with E-state index in [1.54, 1.807) is 11.3 Å². The Labute approximate surface area is 101 Å². The van der Waals surface area contributed by atoms with Crippen molar-refractivity contribution in [3.63, 3.8) is 0 Å². The van der Waals surface area contributed by atoms with Crippen LogP contribution in [0.4, 0.5) is 0 Å². The summed E-state index contributed by atoms with van der Waals surface area (Å²) in [6, 6.07) is 0. The van der Waals surface area contributed by atoms with Crippen LogP contribution in [0.1, 0.15) is 36.9 Å². The molecule has 0 amide bonds. The first-order valence-electron chi connectivity index (χ1n) is 5.38. The molecule has 0 atom stereocenters. The van der Waals surface area contributed by atoms with Crippen molar-refractivity contribution in [2.75, 3.05) is 18.6 Å². The first-order chi connectivity index (χ1) is 7.24. The predicted octanol–water partition coefficient (Wildman–Crippen LogP) is 3.11. The minimum Gasteiger partial charge on any atom is -0.311 e. The summed E-state index contributed by atoms with van der Waals surface area (Å²) < 4.78 is 0. The molecule has 0 fully saturated rings. The van der Waals surface area contributed by atoms with Crippen molar-refractivity contribution < 1.29 is 0 Å². The fraction of sp³-hybridized carbons (Fsp3) is 0.727. The van der Waals surface area contributed by atoms with E-state index in [9.17, 15) is 0 Å². The Morgan fingerprint density at radius 3 is 2.93 bits per heavy atom. The van der Waals surface area contributed by atoms with Crippen molar-refractivity contribution in [1.82, 2.24) is 10.3 Å². The molecule has 86 valence electrons. The molecule has 0 saturated carbocycles. The second-order valence-corrected chi connectivity index (χ2v) is 5.73. The molecule has 0 aliphatic heterocycles. The van der Waals surface area contributed by atoms with Crippen molar-refractivity contribution in [1.29, 1.82) is 0 Å². The number of aromatic nitrogens is 1. The third kappa shape index (κ3) is 5.00. The van der Waals surface area contributed by atoms with Crippen molar-refractivity contribution >= 4 is 23.1 Å². The van der Waals surface area contributed by atoms with E-state index in [-0.39, 0.29) is 0 Å². The monoisotopic (exact) mass is 244 g/mol. The van der Waals surface area contributed by atoms with E-state index < -0.39 is 0 Å². The molecule has 0 bridgehead atoms. The van der Waals surface area contributed by atoms with Gasteiger partial charge in [0.05, 0.1) is 10.7 Å². The molecule has 0 saturated heterocycles. The molecule has 1 N–H and O–H groups in total. The Kier molecular flexibility index (Phi) is 6.29. The second kappa shape index (κ2) is 7.25. The van der Waals surface area contributed by atoms with E-state index >= 15 is 0 Å². The van der Waals surface area contributed by atoms with Gasteiger partial charge in [-0.3, -0.25) is 0 Å². The summed E-state index contributed by atoms with van der Waals surface area (Å²) in [5.41, 5.74) is 1.19. The highest BCUT2D eigenvalue weighted by atomic mass is 32.2. The van der Waals surface area contributed by atoms with Gasteiger partial charge in [-0.15, -0.1) is 11.3 Å². The van der Waals surface area contributed by atoms with Crippen LogP contribution >= 0.6 is 23.1 Å². The zero-order valence-corrected chi connectivity index (χ0v) is 11.4. The summed E-state index contributed by atoms with van der Waals surface area (Å²) in [6.07, 6.45) is 3.39. The summed E-state index contributed by atoms with van der Waals surface area (Å²) in [4.78, 5) is 4.58. The van der Waals surface area contributed by atoms with Gasteiger partial charge in [-0.2, -0.15) is 11.8 Å². The molecular formula is C11H20N2S2. The van der Waals surface area contributed by atoms with Crippen LogP contribution in [0.5, 0.6) is 0 Å². The highest BCUT2D eigenvalue weighted by molar-refractivity contribution is 7.98. The smallest absolute Gasteiger partial charge is 0.0954 e. The Bertz CT molecular complexity index is 271. The van der Waals surface area contributed by atoms with Crippen LogP contribution in [-0.4, -0.2) is 23.5 Å². The van der Waals surface area contributed by atoms with E-state index in [1.165, 1.54) is 22.9 Å². The molecule has 0 spiro atoms. The number of thioether (sulfide) groups is 1. The van der Waals surface area contributed by atoms with E-state index in [0.29, 0.717) is 5.92 Å². The number of thiazole rings is 1. The number of hydrogen-bond acceptors (Lipinski definition) is 4. The molecular weight excluding hydrogens is 224 g/mol. The third-order valence-electron chi connectivity index (χ3n) is 2.07. The lowest BCUT2D eigenvalue weighted by molar-refractivity contribution is 0.666. The maximum atomic E-state index is 4.58. The Hall–Kier alpha value is -0.0600. The molecule has 1 aromatic heterocycles. The maximum Gasteiger partial charge on any atom is 0.0954 e. The molecule has 0 unspecified atom stereocenters. The summed E-state index contributed by atoms with van der Waals surface area (Å²) in [7, 11) is 0. The Morgan fingerprint density at radius 2 is 2.33 bits per heavy atom. The number of hydrogen-bond donors (Lipinski definition) is 1. The zero-order valence-electron chi connectivity index (χ0n) is 9.75. The van der Waals surface area contributed by atoms with Crippen LogP contribution < -0.4 is 5.32 Å². The number of nitrogens with one attached hydrogen (secondary N) is 1. The van der Waals surface area contributed by atoms with Crippen LogP contribution in [0, 0.1) is 0 Å². The molecule has 0 aliphatic rings. The largest absolute Gasteiger partial charge is 0.311 e. The molecule has 4 heteroatoms. The summed E-state index contributed by atoms with van der Waals surface area (Å²) in [5.74, 6) is 1.79. The van der Waals surface area contributed by atoms with Crippen LogP contribution in [0.25, 0.3) is 0 Å². The van der Waals surface area contributed by atoms with Crippen molar-refractivity contribution in [3.05, 3.63) is 16.1 Å². The average molecular weight is 244 g/mol. The maximum absolute atomic E-state index is 4.58. The first kappa shape index (κ1) is 13.0. The Balaban J connectivity index is 2.20. The predicted molar refractivity (Wildman–Crippen MR) is 70.9 cm³/mol. The lowest BCUT2D eigenvalue weighted by Gasteiger charge is -2.01. The number of nitrogens with zero attached hydrogens (tertiary/aromatic N) is 1. The fourth-order valence-electron chi connectivity index (χ4n) is 1.23. The van der Waals surface area contributed by atoms with Crippen molar-refractivity contribution in [2.45, 2.75) is 32.7 Å². The highest BCUT2D eigenvalue weighted by Crippen LogP contribution is 2.18. The molecule has 2 nitrogen and oxygen atoms in total. The van der Waals surface area contributed by atoms with E-state index in [1.807, 2.05) is 11.8 Å². The summed E-state index contributed by atoms with van der Waals surface area (Å²) in [6.45, 7) is 6.38. The van der Waals surface area contributed by atoms with Gasteiger partial charge in [0.2, 0.25) is 0 Å². The topological polar surface area (TPSA) is 24.9 Å². The molecule has 15 heavy (non-hydrogen) atoms. The van der Waals surface area contributed by atoms with Gasteiger partial charge in [0.1, 0.15) is 0 Å². The van der Waals surface area contributed by atoms with Gasteiger partial charge in [0.25, 0.3) is 0 Å². The van der Waals surface area contributed by atoms with Gasteiger partial charge in [0, 0.05) is 17.8 Å². The van der Waals surface area contributed by atoms with E-state index in [0.717, 1.165) is 13.1 Å². The van der Waals surface area contributed by atoms with Crippen LogP contribution in [0.15, 0.2) is 5.38 Å². The van der Waals surface area contributed by atoms with Gasteiger partial charge in [-0.05, 0) is 25.0 Å². The van der Waals surface area contributed by atoms with Gasteiger partial charge < -0.3 is 5.32 Å². The van der Waals surface area contributed by atoms with Crippen molar-refractivity contribution in [2.24, 2.45) is 0 Å². The molecule has 0 aromatic carbocycles. The second-order valence-electron chi connectivity index (χ2n) is 3.85.